The number of ether oxygens (including phenoxy) is 4. The monoisotopic (exact) mass is 1470 g/mol. The minimum atomic E-state index is -1.51. The first-order chi connectivity index (χ1) is 51.6. The van der Waals surface area contributed by atoms with E-state index < -0.39 is 18.4 Å². The summed E-state index contributed by atoms with van der Waals surface area (Å²) >= 11 is 0. The molecule has 0 aromatic heterocycles. The summed E-state index contributed by atoms with van der Waals surface area (Å²) in [6.07, 6.45) is 118. The van der Waals surface area contributed by atoms with Crippen molar-refractivity contribution in [2.75, 3.05) is 47.5 Å². The van der Waals surface area contributed by atoms with Crippen LogP contribution in [0.2, 0.25) is 0 Å². The summed E-state index contributed by atoms with van der Waals surface area (Å²) in [4.78, 5) is 37.8. The first-order valence-corrected chi connectivity index (χ1v) is 45.4. The summed E-state index contributed by atoms with van der Waals surface area (Å²) in [6.45, 7) is 4.83. The Morgan fingerprint density at radius 3 is 0.819 bits per heavy atom. The normalized spacial score (nSPS) is 13.0. The highest BCUT2D eigenvalue weighted by Gasteiger charge is 2.25. The molecule has 0 aliphatic rings. The zero-order chi connectivity index (χ0) is 76.0. The van der Waals surface area contributed by atoms with Gasteiger partial charge in [-0.15, -0.1) is 0 Å². The summed E-state index contributed by atoms with van der Waals surface area (Å²) in [6, 6.07) is 0. The van der Waals surface area contributed by atoms with Crippen LogP contribution in [0.5, 0.6) is 0 Å². The van der Waals surface area contributed by atoms with Gasteiger partial charge in [-0.3, -0.25) is 9.59 Å². The molecule has 2 atom stereocenters. The van der Waals surface area contributed by atoms with Gasteiger partial charge in [0.05, 0.1) is 34.4 Å². The number of carbonyl (C=O) groups is 3. The van der Waals surface area contributed by atoms with Gasteiger partial charge in [-0.05, 0) is 96.3 Å². The predicted octanol–water partition coefficient (Wildman–Crippen LogP) is 29.8. The first-order valence-electron chi connectivity index (χ1n) is 45.4. The maximum atomic E-state index is 13.0. The summed E-state index contributed by atoms with van der Waals surface area (Å²) in [5, 5.41) is 9.80. The number of carboxylic acid groups (broad SMARTS) is 1. The molecule has 0 amide bonds. The topological polar surface area (TPSA) is 108 Å². The van der Waals surface area contributed by atoms with E-state index in [-0.39, 0.29) is 38.2 Å². The van der Waals surface area contributed by atoms with Gasteiger partial charge < -0.3 is 28.5 Å². The van der Waals surface area contributed by atoms with Crippen molar-refractivity contribution in [3.8, 4) is 0 Å². The van der Waals surface area contributed by atoms with E-state index in [1.807, 2.05) is 21.1 Å². The molecule has 9 heteroatoms. The number of carbonyl (C=O) groups excluding carboxylic acids is 2. The van der Waals surface area contributed by atoms with Crippen molar-refractivity contribution < 1.29 is 42.9 Å². The Labute approximate surface area is 652 Å². The van der Waals surface area contributed by atoms with E-state index >= 15 is 0 Å². The number of rotatable bonds is 85. The van der Waals surface area contributed by atoms with Crippen molar-refractivity contribution in [3.63, 3.8) is 0 Å². The van der Waals surface area contributed by atoms with Crippen LogP contribution in [0.1, 0.15) is 438 Å². The Bertz CT molecular complexity index is 2060. The summed E-state index contributed by atoms with van der Waals surface area (Å²) in [5.74, 6) is -1.98. The van der Waals surface area contributed by atoms with Crippen LogP contribution < -0.4 is 0 Å². The summed E-state index contributed by atoms with van der Waals surface area (Å²) in [7, 11) is 6.00. The van der Waals surface area contributed by atoms with Crippen LogP contribution >= 0.6 is 0 Å². The Hall–Kier alpha value is -3.79. The molecule has 2 unspecified atom stereocenters. The third-order valence-corrected chi connectivity index (χ3v) is 20.3. The fourth-order valence-corrected chi connectivity index (χ4v) is 13.5. The second-order valence-electron chi connectivity index (χ2n) is 31.9. The minimum Gasteiger partial charge on any atom is -0.477 e. The van der Waals surface area contributed by atoms with Crippen molar-refractivity contribution >= 4 is 17.9 Å². The molecule has 0 aliphatic carbocycles. The molecule has 1 N–H and O–H groups in total. The molecule has 9 nitrogen and oxygen atoms in total. The molecule has 610 valence electrons. The lowest BCUT2D eigenvalue weighted by atomic mass is 10.0. The lowest BCUT2D eigenvalue weighted by Crippen LogP contribution is -2.40. The Balaban J connectivity index is 3.92. The number of hydrogen-bond donors (Lipinski definition) is 1. The third kappa shape index (κ3) is 87.3. The first kappa shape index (κ1) is 101. The smallest absolute Gasteiger partial charge is 0.361 e. The highest BCUT2D eigenvalue weighted by Crippen LogP contribution is 2.20. The number of carboxylic acids is 1. The molecule has 0 radical (unpaired) electrons. The zero-order valence-electron chi connectivity index (χ0n) is 70.1. The lowest BCUT2D eigenvalue weighted by Gasteiger charge is -2.25. The summed E-state index contributed by atoms with van der Waals surface area (Å²) < 4.78 is 23.1. The molecule has 0 saturated heterocycles. The van der Waals surface area contributed by atoms with E-state index in [2.05, 4.69) is 111 Å². The Kier molecular flexibility index (Phi) is 82.7. The molecule has 0 aromatic rings. The number of hydrogen-bond acceptors (Lipinski definition) is 7. The maximum absolute atomic E-state index is 13.0. The maximum Gasteiger partial charge on any atom is 0.361 e. The number of allylic oxidation sites excluding steroid dienone is 16. The highest BCUT2D eigenvalue weighted by molar-refractivity contribution is 5.71. The molecule has 0 aliphatic heterocycles. The molecule has 0 fully saturated rings. The molecular formula is C96H174NO8+. The van der Waals surface area contributed by atoms with E-state index in [4.69, 9.17) is 18.9 Å². The second-order valence-corrected chi connectivity index (χ2v) is 31.9. The number of likely N-dealkylation sites (N-methyl/N-ethyl adjacent to an activating group) is 1. The Morgan fingerprint density at radius 1 is 0.295 bits per heavy atom. The van der Waals surface area contributed by atoms with Crippen LogP contribution in [0.25, 0.3) is 0 Å². The molecule has 0 spiro atoms. The van der Waals surface area contributed by atoms with E-state index in [1.54, 1.807) is 0 Å². The van der Waals surface area contributed by atoms with E-state index in [9.17, 15) is 19.5 Å². The van der Waals surface area contributed by atoms with Gasteiger partial charge in [0.2, 0.25) is 0 Å². The van der Waals surface area contributed by atoms with Crippen molar-refractivity contribution in [2.24, 2.45) is 0 Å². The van der Waals surface area contributed by atoms with Gasteiger partial charge in [0.15, 0.2) is 6.10 Å². The fraction of sp³-hybridized carbons (Fsp3) is 0.802. The molecule has 0 rings (SSSR count). The number of esters is 2. The number of aliphatic carboxylic acids is 1. The molecule has 0 heterocycles. The van der Waals surface area contributed by atoms with Crippen molar-refractivity contribution in [2.45, 2.75) is 450 Å². The van der Waals surface area contributed by atoms with Crippen molar-refractivity contribution in [1.29, 1.82) is 0 Å². The quantitative estimate of drug-likeness (QED) is 0.0211. The van der Waals surface area contributed by atoms with Gasteiger partial charge in [0.25, 0.3) is 6.29 Å². The van der Waals surface area contributed by atoms with Gasteiger partial charge in [0, 0.05) is 12.8 Å². The van der Waals surface area contributed by atoms with Crippen molar-refractivity contribution in [1.82, 2.24) is 0 Å². The van der Waals surface area contributed by atoms with Crippen LogP contribution in [0, 0.1) is 0 Å². The Morgan fingerprint density at radius 2 is 0.543 bits per heavy atom. The fourth-order valence-electron chi connectivity index (χ4n) is 13.5. The van der Waals surface area contributed by atoms with E-state index in [1.165, 1.54) is 327 Å². The van der Waals surface area contributed by atoms with Crippen LogP contribution in [-0.2, 0) is 33.3 Å². The van der Waals surface area contributed by atoms with E-state index in [0.717, 1.165) is 83.5 Å². The standard InChI is InChI=1S/C96H173NO8/c1-6-8-10-12-14-16-18-20-22-24-26-28-30-32-34-36-38-40-42-44-46-47-49-51-53-55-57-59-61-63-65-67-69-71-73-75-77-79-81-83-85-87-94(99)105-92(91-104-96(95(100)101)102-89-88-97(3,4)5)90-103-93(98)86-84-82-80-78-76-74-72-70-68-66-64-62-60-58-56-54-52-50-48-45-43-41-39-37-35-33-31-29-27-25-23-21-19-17-15-13-11-9-7-2/h8,10,14,16,20,22,25-28,32,34,38,40,44,46,92,96H,6-7,9,11-13,15,17-19,21,23-24,29-31,33,35-37,39,41-43,45,47-91H2,1-5H3/p+1/b10-8-,16-14-,22-20-,27-25-,28-26-,34-32-,40-38-,46-44-. The van der Waals surface area contributed by atoms with Crippen LogP contribution in [-0.4, -0.2) is 87.4 Å². The number of unbranched alkanes of at least 4 members (excludes halogenated alkanes) is 54. The third-order valence-electron chi connectivity index (χ3n) is 20.3. The highest BCUT2D eigenvalue weighted by atomic mass is 16.7. The molecule has 0 saturated carbocycles. The van der Waals surface area contributed by atoms with Crippen LogP contribution in [0.4, 0.5) is 0 Å². The molecule has 0 aromatic carbocycles. The average molecular weight is 1470 g/mol. The van der Waals surface area contributed by atoms with Crippen LogP contribution in [0.3, 0.4) is 0 Å². The zero-order valence-corrected chi connectivity index (χ0v) is 70.1. The van der Waals surface area contributed by atoms with Gasteiger partial charge >= 0.3 is 17.9 Å². The van der Waals surface area contributed by atoms with Gasteiger partial charge in [-0.1, -0.05) is 426 Å². The molecule has 105 heavy (non-hydrogen) atoms. The minimum absolute atomic E-state index is 0.178. The second kappa shape index (κ2) is 85.8. The lowest BCUT2D eigenvalue weighted by molar-refractivity contribution is -0.870. The largest absolute Gasteiger partial charge is 0.477 e. The number of quaternary nitrogens is 1. The predicted molar refractivity (Wildman–Crippen MR) is 456 cm³/mol. The average Bonchev–Trinajstić information content (AvgIpc) is 1.18. The van der Waals surface area contributed by atoms with Gasteiger partial charge in [-0.2, -0.15) is 0 Å². The van der Waals surface area contributed by atoms with Crippen LogP contribution in [0.15, 0.2) is 97.2 Å². The number of nitrogens with zero attached hydrogens (tertiary/aromatic N) is 1. The molecular weight excluding hydrogens is 1300 g/mol. The molecule has 0 bridgehead atoms. The van der Waals surface area contributed by atoms with Gasteiger partial charge in [0.1, 0.15) is 13.2 Å². The van der Waals surface area contributed by atoms with Crippen molar-refractivity contribution in [3.05, 3.63) is 97.2 Å². The van der Waals surface area contributed by atoms with E-state index in [0.29, 0.717) is 17.4 Å². The SMILES string of the molecule is CC/C=C\C/C=C\C/C=C\C/C=C\C/C=C\C/C=C\C/C=C\CCCCCCCCCCCCCCCCCCCCCC(=O)OC(COC(=O)CCCCCCCCCCCCCCCCCCCCCCCCCCCCC/C=C\CCCCCCCCCC)COC(OCC[N+](C)(C)C)C(=O)O. The summed E-state index contributed by atoms with van der Waals surface area (Å²) in [5.41, 5.74) is 0. The van der Waals surface area contributed by atoms with Gasteiger partial charge in [-0.25, -0.2) is 4.79 Å².